The van der Waals surface area contributed by atoms with Crippen molar-refractivity contribution in [3.8, 4) is 0 Å². The van der Waals surface area contributed by atoms with Gasteiger partial charge in [-0.3, -0.25) is 19.8 Å². The Morgan fingerprint density at radius 3 is 2.59 bits per heavy atom. The van der Waals surface area contributed by atoms with Crippen LogP contribution < -0.4 is 5.32 Å². The van der Waals surface area contributed by atoms with Crippen LogP contribution in [0.1, 0.15) is 34.1 Å². The number of hydrogen-bond acceptors (Lipinski definition) is 7. The van der Waals surface area contributed by atoms with Crippen LogP contribution in [0.3, 0.4) is 0 Å². The second-order valence-electron chi connectivity index (χ2n) is 6.73. The molecule has 9 nitrogen and oxygen atoms in total. The zero-order valence-corrected chi connectivity index (χ0v) is 15.3. The van der Waals surface area contributed by atoms with Gasteiger partial charge in [-0.25, -0.2) is 4.79 Å². The van der Waals surface area contributed by atoms with Gasteiger partial charge in [-0.15, -0.1) is 0 Å². The number of carbonyl (C=O) groups is 2. The molecule has 1 aromatic carbocycles. The Kier molecular flexibility index (Phi) is 6.02. The Labute approximate surface area is 157 Å². The van der Waals surface area contributed by atoms with E-state index in [2.05, 4.69) is 10.2 Å². The maximum atomic E-state index is 12.9. The number of amides is 1. The fraction of sp³-hybridized carbons (Fsp3) is 0.556. The molecule has 146 valence electrons. The molecule has 0 bridgehead atoms. The first-order valence-corrected chi connectivity index (χ1v) is 9.20. The predicted molar refractivity (Wildman–Crippen MR) is 97.8 cm³/mol. The first-order chi connectivity index (χ1) is 13.0. The van der Waals surface area contributed by atoms with Gasteiger partial charge in [0.05, 0.1) is 17.1 Å². The Bertz CT molecular complexity index is 732. The third-order valence-corrected chi connectivity index (χ3v) is 5.01. The first-order valence-electron chi connectivity index (χ1n) is 9.20. The number of non-ortho nitro benzene ring substituents is 1. The van der Waals surface area contributed by atoms with Gasteiger partial charge in [-0.1, -0.05) is 0 Å². The lowest BCUT2D eigenvalue weighted by Crippen LogP contribution is -2.49. The monoisotopic (exact) mass is 376 g/mol. The van der Waals surface area contributed by atoms with Crippen molar-refractivity contribution in [3.63, 3.8) is 0 Å². The van der Waals surface area contributed by atoms with Crippen LogP contribution in [0.15, 0.2) is 18.2 Å². The van der Waals surface area contributed by atoms with Crippen LogP contribution >= 0.6 is 0 Å². The number of piperazine rings is 1. The van der Waals surface area contributed by atoms with Crippen molar-refractivity contribution >= 4 is 17.6 Å². The van der Waals surface area contributed by atoms with Crippen molar-refractivity contribution in [2.45, 2.75) is 19.4 Å². The van der Waals surface area contributed by atoms with Crippen LogP contribution in [-0.2, 0) is 4.74 Å². The van der Waals surface area contributed by atoms with Gasteiger partial charge in [0, 0.05) is 63.0 Å². The van der Waals surface area contributed by atoms with E-state index < -0.39 is 10.9 Å². The van der Waals surface area contributed by atoms with Gasteiger partial charge in [0.2, 0.25) is 0 Å². The molecule has 0 aliphatic carbocycles. The molecular weight excluding hydrogens is 352 g/mol. The molecule has 2 saturated heterocycles. The Hall–Kier alpha value is -2.52. The lowest BCUT2D eigenvalue weighted by Gasteiger charge is -2.32. The third-order valence-electron chi connectivity index (χ3n) is 5.01. The van der Waals surface area contributed by atoms with E-state index in [1.165, 1.54) is 12.1 Å². The van der Waals surface area contributed by atoms with Gasteiger partial charge in [0.25, 0.3) is 11.6 Å². The molecule has 0 aromatic heterocycles. The fourth-order valence-electron chi connectivity index (χ4n) is 3.63. The number of hydrogen-bond donors (Lipinski definition) is 1. The van der Waals surface area contributed by atoms with Gasteiger partial charge in [0.15, 0.2) is 0 Å². The fourth-order valence-corrected chi connectivity index (χ4v) is 3.63. The number of rotatable bonds is 5. The lowest BCUT2D eigenvalue weighted by molar-refractivity contribution is -0.384. The zero-order chi connectivity index (χ0) is 19.4. The normalized spacial score (nSPS) is 20.5. The topological polar surface area (TPSA) is 105 Å². The quantitative estimate of drug-likeness (QED) is 0.462. The average Bonchev–Trinajstić information content (AvgIpc) is 3.18. The number of carbonyl (C=O) groups excluding carboxylic acids is 2. The van der Waals surface area contributed by atoms with Crippen LogP contribution in [0, 0.1) is 10.1 Å². The van der Waals surface area contributed by atoms with Crippen molar-refractivity contribution in [3.05, 3.63) is 39.4 Å². The van der Waals surface area contributed by atoms with E-state index in [0.29, 0.717) is 19.1 Å². The minimum atomic E-state index is -0.671. The molecule has 2 aliphatic heterocycles. The third kappa shape index (κ3) is 4.42. The van der Waals surface area contributed by atoms with Crippen molar-refractivity contribution in [1.82, 2.24) is 15.1 Å². The number of nitrogens with zero attached hydrogens (tertiary/aromatic N) is 3. The second kappa shape index (κ2) is 8.45. The summed E-state index contributed by atoms with van der Waals surface area (Å²) in [6.07, 6.45) is 0.880. The van der Waals surface area contributed by atoms with Crippen LogP contribution in [0.4, 0.5) is 5.69 Å². The molecule has 1 amide bonds. The molecule has 0 spiro atoms. The average molecular weight is 376 g/mol. The van der Waals surface area contributed by atoms with Crippen LogP contribution in [-0.4, -0.2) is 78.5 Å². The van der Waals surface area contributed by atoms with Crippen molar-refractivity contribution in [1.29, 1.82) is 0 Å². The Morgan fingerprint density at radius 1 is 1.22 bits per heavy atom. The van der Waals surface area contributed by atoms with E-state index in [4.69, 9.17) is 4.74 Å². The van der Waals surface area contributed by atoms with Gasteiger partial charge >= 0.3 is 5.97 Å². The number of nitro groups is 1. The number of benzene rings is 1. The van der Waals surface area contributed by atoms with E-state index in [1.807, 2.05) is 0 Å². The predicted octanol–water partition coefficient (Wildman–Crippen LogP) is 0.891. The largest absolute Gasteiger partial charge is 0.462 e. The zero-order valence-electron chi connectivity index (χ0n) is 15.3. The summed E-state index contributed by atoms with van der Waals surface area (Å²) >= 11 is 0. The smallest absolute Gasteiger partial charge is 0.338 e. The molecule has 2 fully saturated rings. The standard InChI is InChI=1S/C18H24N4O5/c1-2-27-18(24)14-9-13(10-16(11-14)22(25)26)17(23)21-6-3-15(12-21)20-7-4-19-5-8-20/h9-11,15,19H,2-8,12H2,1H3. The van der Waals surface area contributed by atoms with Crippen LogP contribution in [0.5, 0.6) is 0 Å². The van der Waals surface area contributed by atoms with Gasteiger partial charge in [-0.05, 0) is 19.4 Å². The summed E-state index contributed by atoms with van der Waals surface area (Å²) in [5, 5.41) is 14.5. The van der Waals surface area contributed by atoms with Crippen LogP contribution in [0.2, 0.25) is 0 Å². The Morgan fingerprint density at radius 2 is 1.93 bits per heavy atom. The molecule has 1 atom stereocenters. The highest BCUT2D eigenvalue weighted by Crippen LogP contribution is 2.23. The highest BCUT2D eigenvalue weighted by molar-refractivity contribution is 5.99. The molecule has 2 aliphatic rings. The van der Waals surface area contributed by atoms with Crippen LogP contribution in [0.25, 0.3) is 0 Å². The van der Waals surface area contributed by atoms with Gasteiger partial charge in [-0.2, -0.15) is 0 Å². The highest BCUT2D eigenvalue weighted by atomic mass is 16.6. The summed E-state index contributed by atoms with van der Waals surface area (Å²) in [7, 11) is 0. The van der Waals surface area contributed by atoms with E-state index >= 15 is 0 Å². The molecule has 27 heavy (non-hydrogen) atoms. The summed E-state index contributed by atoms with van der Waals surface area (Å²) in [5.74, 6) is -0.961. The number of esters is 1. The maximum Gasteiger partial charge on any atom is 0.338 e. The molecule has 0 radical (unpaired) electrons. The van der Waals surface area contributed by atoms with Gasteiger partial charge in [0.1, 0.15) is 0 Å². The van der Waals surface area contributed by atoms with E-state index in [0.717, 1.165) is 38.7 Å². The number of nitro benzene ring substituents is 1. The summed E-state index contributed by atoms with van der Waals surface area (Å²) in [6, 6.07) is 4.05. The van der Waals surface area contributed by atoms with Gasteiger partial charge < -0.3 is 15.0 Å². The molecule has 9 heteroatoms. The lowest BCUT2D eigenvalue weighted by atomic mass is 10.1. The van der Waals surface area contributed by atoms with Crippen molar-refractivity contribution in [2.75, 3.05) is 45.9 Å². The number of nitrogens with one attached hydrogen (secondary N) is 1. The SMILES string of the molecule is CCOC(=O)c1cc(C(=O)N2CCC(N3CCNCC3)C2)cc([N+](=O)[O-])c1. The first kappa shape index (κ1) is 19.2. The summed E-state index contributed by atoms with van der Waals surface area (Å²) in [6.45, 7) is 6.80. The number of likely N-dealkylation sites (tertiary alicyclic amines) is 1. The molecule has 1 unspecified atom stereocenters. The number of ether oxygens (including phenoxy) is 1. The van der Waals surface area contributed by atoms with E-state index in [9.17, 15) is 19.7 Å². The van der Waals surface area contributed by atoms with Crippen molar-refractivity contribution in [2.24, 2.45) is 0 Å². The van der Waals surface area contributed by atoms with Crippen molar-refractivity contribution < 1.29 is 19.2 Å². The second-order valence-corrected chi connectivity index (χ2v) is 6.73. The molecule has 2 heterocycles. The van der Waals surface area contributed by atoms with E-state index in [-0.39, 0.29) is 29.3 Å². The maximum absolute atomic E-state index is 12.9. The summed E-state index contributed by atoms with van der Waals surface area (Å²) in [5.41, 5.74) is -0.123. The minimum absolute atomic E-state index is 0.0206. The minimum Gasteiger partial charge on any atom is -0.462 e. The molecular formula is C18H24N4O5. The molecule has 0 saturated carbocycles. The molecule has 1 N–H and O–H groups in total. The summed E-state index contributed by atoms with van der Waals surface area (Å²) < 4.78 is 4.92. The molecule has 1 aromatic rings. The molecule has 3 rings (SSSR count). The Balaban J connectivity index is 1.77. The summed E-state index contributed by atoms with van der Waals surface area (Å²) in [4.78, 5) is 39.6. The van der Waals surface area contributed by atoms with E-state index in [1.54, 1.807) is 11.8 Å². The highest BCUT2D eigenvalue weighted by Gasteiger charge is 2.32.